The first-order chi connectivity index (χ1) is 9.15. The summed E-state index contributed by atoms with van der Waals surface area (Å²) < 4.78 is 13.9. The van der Waals surface area contributed by atoms with Crippen molar-refractivity contribution in [3.63, 3.8) is 0 Å². The van der Waals surface area contributed by atoms with E-state index >= 15 is 0 Å². The van der Waals surface area contributed by atoms with Gasteiger partial charge in [0.1, 0.15) is 0 Å². The van der Waals surface area contributed by atoms with Crippen LogP contribution in [0.5, 0.6) is 5.75 Å². The summed E-state index contributed by atoms with van der Waals surface area (Å²) >= 11 is 0. The maximum absolute atomic E-state index is 13.9. The van der Waals surface area contributed by atoms with Crippen molar-refractivity contribution < 1.29 is 9.50 Å². The second-order valence-electron chi connectivity index (χ2n) is 4.96. The quantitative estimate of drug-likeness (QED) is 0.820. The summed E-state index contributed by atoms with van der Waals surface area (Å²) in [5.41, 5.74) is 1.13. The molecule has 1 aliphatic heterocycles. The molecule has 0 spiro atoms. The SMILES string of the molecule is C=CC[C@@H](c1ccc(C)c(F)c1O)N1CCNCC1. The Balaban J connectivity index is 2.32. The Morgan fingerprint density at radius 3 is 2.79 bits per heavy atom. The predicted molar refractivity (Wildman–Crippen MR) is 74.8 cm³/mol. The zero-order valence-electron chi connectivity index (χ0n) is 11.3. The van der Waals surface area contributed by atoms with Gasteiger partial charge < -0.3 is 10.4 Å². The van der Waals surface area contributed by atoms with E-state index in [1.54, 1.807) is 13.0 Å². The summed E-state index contributed by atoms with van der Waals surface area (Å²) in [6.45, 7) is 9.06. The molecule has 0 aliphatic carbocycles. The number of nitrogens with one attached hydrogen (secondary N) is 1. The highest BCUT2D eigenvalue weighted by atomic mass is 19.1. The molecule has 1 atom stereocenters. The van der Waals surface area contributed by atoms with Gasteiger partial charge in [-0.1, -0.05) is 18.2 Å². The van der Waals surface area contributed by atoms with Crippen LogP contribution in [0.25, 0.3) is 0 Å². The van der Waals surface area contributed by atoms with E-state index in [2.05, 4.69) is 16.8 Å². The lowest BCUT2D eigenvalue weighted by molar-refractivity contribution is 0.171. The number of halogens is 1. The van der Waals surface area contributed by atoms with Gasteiger partial charge >= 0.3 is 0 Å². The number of piperazine rings is 1. The molecule has 19 heavy (non-hydrogen) atoms. The van der Waals surface area contributed by atoms with E-state index in [4.69, 9.17) is 0 Å². The number of aromatic hydroxyl groups is 1. The van der Waals surface area contributed by atoms with E-state index in [1.807, 2.05) is 12.1 Å². The molecule has 0 radical (unpaired) electrons. The number of aryl methyl sites for hydroxylation is 1. The molecule has 0 amide bonds. The van der Waals surface area contributed by atoms with Crippen molar-refractivity contribution in [2.45, 2.75) is 19.4 Å². The number of phenols is 1. The van der Waals surface area contributed by atoms with Crippen LogP contribution in [0.2, 0.25) is 0 Å². The van der Waals surface area contributed by atoms with Gasteiger partial charge in [0.2, 0.25) is 0 Å². The summed E-state index contributed by atoms with van der Waals surface area (Å²) in [5.74, 6) is -0.730. The van der Waals surface area contributed by atoms with Crippen LogP contribution < -0.4 is 5.32 Å². The summed E-state index contributed by atoms with van der Waals surface area (Å²) in [5, 5.41) is 13.3. The number of hydrogen-bond acceptors (Lipinski definition) is 3. The molecule has 0 bridgehead atoms. The van der Waals surface area contributed by atoms with E-state index in [9.17, 15) is 9.50 Å². The summed E-state index contributed by atoms with van der Waals surface area (Å²) in [7, 11) is 0. The first-order valence-electron chi connectivity index (χ1n) is 6.68. The van der Waals surface area contributed by atoms with Crippen molar-refractivity contribution in [3.05, 3.63) is 41.7 Å². The molecular formula is C15H21FN2O. The normalized spacial score (nSPS) is 18.2. The van der Waals surface area contributed by atoms with Gasteiger partial charge in [-0.05, 0) is 18.9 Å². The Kier molecular flexibility index (Phi) is 4.56. The Bertz CT molecular complexity index is 456. The fourth-order valence-electron chi connectivity index (χ4n) is 2.57. The minimum absolute atomic E-state index is 0.00491. The average Bonchev–Trinajstić information content (AvgIpc) is 2.44. The molecule has 1 aliphatic rings. The minimum Gasteiger partial charge on any atom is -0.505 e. The van der Waals surface area contributed by atoms with Crippen molar-refractivity contribution in [2.75, 3.05) is 26.2 Å². The number of rotatable bonds is 4. The lowest BCUT2D eigenvalue weighted by Crippen LogP contribution is -2.45. The number of benzene rings is 1. The second kappa shape index (κ2) is 6.17. The molecule has 0 saturated carbocycles. The number of nitrogens with zero attached hydrogens (tertiary/aromatic N) is 1. The molecule has 104 valence electrons. The van der Waals surface area contributed by atoms with Gasteiger partial charge in [-0.25, -0.2) is 4.39 Å². The maximum Gasteiger partial charge on any atom is 0.168 e. The van der Waals surface area contributed by atoms with Gasteiger partial charge in [0.25, 0.3) is 0 Å². The van der Waals surface area contributed by atoms with Gasteiger partial charge in [0.05, 0.1) is 0 Å². The fourth-order valence-corrected chi connectivity index (χ4v) is 2.57. The zero-order chi connectivity index (χ0) is 13.8. The van der Waals surface area contributed by atoms with Crippen LogP contribution in [0, 0.1) is 12.7 Å². The third-order valence-electron chi connectivity index (χ3n) is 3.68. The Morgan fingerprint density at radius 2 is 2.16 bits per heavy atom. The molecule has 1 aromatic carbocycles. The highest BCUT2D eigenvalue weighted by Gasteiger charge is 2.25. The molecule has 1 aromatic rings. The lowest BCUT2D eigenvalue weighted by atomic mass is 9.98. The Morgan fingerprint density at radius 1 is 1.47 bits per heavy atom. The molecule has 2 N–H and O–H groups in total. The van der Waals surface area contributed by atoms with Crippen molar-refractivity contribution in [2.24, 2.45) is 0 Å². The van der Waals surface area contributed by atoms with Crippen LogP contribution in [-0.2, 0) is 0 Å². The van der Waals surface area contributed by atoms with Crippen LogP contribution in [0.15, 0.2) is 24.8 Å². The van der Waals surface area contributed by atoms with E-state index in [1.165, 1.54) is 0 Å². The summed E-state index contributed by atoms with van der Waals surface area (Å²) in [4.78, 5) is 2.27. The molecule has 1 heterocycles. The standard InChI is InChI=1S/C15H21FN2O/c1-3-4-13(18-9-7-17-8-10-18)12-6-5-11(2)14(16)15(12)19/h3,5-6,13,17,19H,1,4,7-10H2,2H3/t13-/m0/s1. The van der Waals surface area contributed by atoms with Crippen LogP contribution in [0.3, 0.4) is 0 Å². The fraction of sp³-hybridized carbons (Fsp3) is 0.467. The highest BCUT2D eigenvalue weighted by Crippen LogP contribution is 2.34. The lowest BCUT2D eigenvalue weighted by Gasteiger charge is -2.35. The monoisotopic (exact) mass is 264 g/mol. The molecular weight excluding hydrogens is 243 g/mol. The molecule has 1 saturated heterocycles. The molecule has 3 nitrogen and oxygen atoms in total. The third kappa shape index (κ3) is 2.96. The molecule has 4 heteroatoms. The predicted octanol–water partition coefficient (Wildman–Crippen LogP) is 2.36. The van der Waals surface area contributed by atoms with E-state index < -0.39 is 5.82 Å². The van der Waals surface area contributed by atoms with Crippen molar-refractivity contribution >= 4 is 0 Å². The van der Waals surface area contributed by atoms with E-state index in [0.29, 0.717) is 17.5 Å². The van der Waals surface area contributed by atoms with Crippen molar-refractivity contribution in [1.82, 2.24) is 10.2 Å². The van der Waals surface area contributed by atoms with Crippen LogP contribution in [-0.4, -0.2) is 36.2 Å². The average molecular weight is 264 g/mol. The van der Waals surface area contributed by atoms with Gasteiger partial charge in [-0.2, -0.15) is 0 Å². The highest BCUT2D eigenvalue weighted by molar-refractivity contribution is 5.40. The largest absolute Gasteiger partial charge is 0.505 e. The van der Waals surface area contributed by atoms with Gasteiger partial charge in [-0.15, -0.1) is 6.58 Å². The number of hydrogen-bond donors (Lipinski definition) is 2. The third-order valence-corrected chi connectivity index (χ3v) is 3.68. The van der Waals surface area contributed by atoms with Gasteiger partial charge in [-0.3, -0.25) is 4.90 Å². The van der Waals surface area contributed by atoms with Gasteiger partial charge in [0, 0.05) is 37.8 Å². The van der Waals surface area contributed by atoms with E-state index in [0.717, 1.165) is 26.2 Å². The van der Waals surface area contributed by atoms with Gasteiger partial charge in [0.15, 0.2) is 11.6 Å². The molecule has 1 fully saturated rings. The maximum atomic E-state index is 13.9. The topological polar surface area (TPSA) is 35.5 Å². The number of phenolic OH excluding ortho intramolecular Hbond substituents is 1. The van der Waals surface area contributed by atoms with Crippen molar-refractivity contribution in [1.29, 1.82) is 0 Å². The summed E-state index contributed by atoms with van der Waals surface area (Å²) in [6.07, 6.45) is 2.53. The Hall–Kier alpha value is -1.39. The molecule has 0 unspecified atom stereocenters. The first kappa shape index (κ1) is 14.0. The zero-order valence-corrected chi connectivity index (χ0v) is 11.3. The van der Waals surface area contributed by atoms with Crippen LogP contribution >= 0.6 is 0 Å². The summed E-state index contributed by atoms with van der Waals surface area (Å²) in [6, 6.07) is 3.54. The van der Waals surface area contributed by atoms with E-state index in [-0.39, 0.29) is 11.8 Å². The van der Waals surface area contributed by atoms with Crippen LogP contribution in [0.4, 0.5) is 4.39 Å². The van der Waals surface area contributed by atoms with Crippen LogP contribution in [0.1, 0.15) is 23.6 Å². The Labute approximate surface area is 113 Å². The minimum atomic E-state index is -0.512. The first-order valence-corrected chi connectivity index (χ1v) is 6.68. The van der Waals surface area contributed by atoms with Crippen molar-refractivity contribution in [3.8, 4) is 5.75 Å². The molecule has 0 aromatic heterocycles. The second-order valence-corrected chi connectivity index (χ2v) is 4.96. The smallest absolute Gasteiger partial charge is 0.168 e. The molecule has 2 rings (SSSR count).